The normalized spacial score (nSPS) is 16.1. The Kier molecular flexibility index (Phi) is 4.44. The number of nitrogens with one attached hydrogen (secondary N) is 2. The first-order valence-electron chi connectivity index (χ1n) is 6.73. The van der Waals surface area contributed by atoms with Crippen molar-refractivity contribution < 1.29 is 4.79 Å². The first-order valence-corrected chi connectivity index (χ1v) is 6.73. The highest BCUT2D eigenvalue weighted by molar-refractivity contribution is 5.94. The molecule has 0 aliphatic carbocycles. The molecule has 1 aromatic carbocycles. The molecule has 4 nitrogen and oxygen atoms in total. The highest BCUT2D eigenvalue weighted by atomic mass is 16.2. The van der Waals surface area contributed by atoms with Crippen LogP contribution in [-0.2, 0) is 0 Å². The fourth-order valence-corrected chi connectivity index (χ4v) is 2.18. The summed E-state index contributed by atoms with van der Waals surface area (Å²) in [7, 11) is 0. The molecule has 19 heavy (non-hydrogen) atoms. The molecule has 0 saturated carbocycles. The zero-order chi connectivity index (χ0) is 13.7. The van der Waals surface area contributed by atoms with Crippen LogP contribution >= 0.6 is 0 Å². The quantitative estimate of drug-likeness (QED) is 0.771. The Hall–Kier alpha value is -1.97. The maximum Gasteiger partial charge on any atom is 0.321 e. The molecule has 0 aromatic heterocycles. The first-order chi connectivity index (χ1) is 9.20. The van der Waals surface area contributed by atoms with E-state index in [2.05, 4.69) is 24.1 Å². The van der Waals surface area contributed by atoms with Crippen molar-refractivity contribution in [1.82, 2.24) is 5.32 Å². The summed E-state index contributed by atoms with van der Waals surface area (Å²) in [4.78, 5) is 13.3. The van der Waals surface area contributed by atoms with Gasteiger partial charge in [-0.3, -0.25) is 4.90 Å². The van der Waals surface area contributed by atoms with Gasteiger partial charge in [-0.05, 0) is 44.0 Å². The molecule has 2 N–H and O–H groups in total. The van der Waals surface area contributed by atoms with E-state index in [1.54, 1.807) is 4.90 Å². The number of urea groups is 1. The zero-order valence-electron chi connectivity index (χ0n) is 11.4. The summed E-state index contributed by atoms with van der Waals surface area (Å²) in [5.41, 5.74) is 2.03. The summed E-state index contributed by atoms with van der Waals surface area (Å²) in [5, 5.41) is 6.24. The van der Waals surface area contributed by atoms with Crippen LogP contribution in [0, 0.1) is 0 Å². The molecule has 0 bridgehead atoms. The molecule has 1 heterocycles. The predicted molar refractivity (Wildman–Crippen MR) is 79.7 cm³/mol. The molecule has 1 atom stereocenters. The van der Waals surface area contributed by atoms with Gasteiger partial charge in [0.25, 0.3) is 0 Å². The molecular formula is C15H21N3O. The predicted octanol–water partition coefficient (Wildman–Crippen LogP) is 2.98. The second-order valence-electron chi connectivity index (χ2n) is 4.84. The van der Waals surface area contributed by atoms with E-state index in [1.807, 2.05) is 30.3 Å². The molecule has 2 amide bonds. The standard InChI is InChI=1S/C15H21N3O/c1-3-4-5-12(2)17-13-6-8-14(9-7-13)18-11-10-16-15(18)19/h3,6-9,12,17H,1,4-5,10-11H2,2H3,(H,16,19). The summed E-state index contributed by atoms with van der Waals surface area (Å²) >= 11 is 0. The van der Waals surface area contributed by atoms with Crippen molar-refractivity contribution in [3.05, 3.63) is 36.9 Å². The van der Waals surface area contributed by atoms with Crippen LogP contribution in [0.15, 0.2) is 36.9 Å². The average molecular weight is 259 g/mol. The lowest BCUT2D eigenvalue weighted by atomic mass is 10.1. The number of carbonyl (C=O) groups is 1. The van der Waals surface area contributed by atoms with Gasteiger partial charge in [-0.1, -0.05) is 6.08 Å². The van der Waals surface area contributed by atoms with Crippen molar-refractivity contribution in [2.45, 2.75) is 25.8 Å². The minimum Gasteiger partial charge on any atom is -0.383 e. The van der Waals surface area contributed by atoms with Crippen LogP contribution < -0.4 is 15.5 Å². The second-order valence-corrected chi connectivity index (χ2v) is 4.84. The summed E-state index contributed by atoms with van der Waals surface area (Å²) in [6.07, 6.45) is 4.02. The molecule has 1 aliphatic heterocycles. The Bertz CT molecular complexity index is 441. The largest absolute Gasteiger partial charge is 0.383 e. The lowest BCUT2D eigenvalue weighted by molar-refractivity contribution is 0.252. The van der Waals surface area contributed by atoms with E-state index in [-0.39, 0.29) is 6.03 Å². The number of rotatable bonds is 6. The Labute approximate surface area is 114 Å². The minimum atomic E-state index is -0.0138. The monoisotopic (exact) mass is 259 g/mol. The van der Waals surface area contributed by atoms with Gasteiger partial charge in [0, 0.05) is 30.5 Å². The van der Waals surface area contributed by atoms with E-state index in [4.69, 9.17) is 0 Å². The van der Waals surface area contributed by atoms with Crippen molar-refractivity contribution >= 4 is 17.4 Å². The molecule has 1 unspecified atom stereocenters. The third-order valence-electron chi connectivity index (χ3n) is 3.25. The molecule has 1 aliphatic rings. The summed E-state index contributed by atoms with van der Waals surface area (Å²) in [6.45, 7) is 7.35. The molecule has 2 rings (SSSR count). The Morgan fingerprint density at radius 3 is 2.79 bits per heavy atom. The second kappa shape index (κ2) is 6.27. The molecule has 4 heteroatoms. The van der Waals surface area contributed by atoms with Gasteiger partial charge in [-0.15, -0.1) is 6.58 Å². The summed E-state index contributed by atoms with van der Waals surface area (Å²) in [6, 6.07) is 8.40. The van der Waals surface area contributed by atoms with E-state index < -0.39 is 0 Å². The number of hydrogen-bond acceptors (Lipinski definition) is 2. The fraction of sp³-hybridized carbons (Fsp3) is 0.400. The maximum atomic E-state index is 11.5. The highest BCUT2D eigenvalue weighted by Gasteiger charge is 2.20. The number of benzene rings is 1. The lowest BCUT2D eigenvalue weighted by Gasteiger charge is -2.17. The molecular weight excluding hydrogens is 238 g/mol. The Balaban J connectivity index is 1.94. The number of nitrogens with zero attached hydrogens (tertiary/aromatic N) is 1. The van der Waals surface area contributed by atoms with Crippen LogP contribution in [0.2, 0.25) is 0 Å². The van der Waals surface area contributed by atoms with Crippen LogP contribution in [0.1, 0.15) is 19.8 Å². The zero-order valence-corrected chi connectivity index (χ0v) is 11.4. The number of anilines is 2. The van der Waals surface area contributed by atoms with Gasteiger partial charge in [0.15, 0.2) is 0 Å². The first kappa shape index (κ1) is 13.5. The number of hydrogen-bond donors (Lipinski definition) is 2. The summed E-state index contributed by atoms with van der Waals surface area (Å²) < 4.78 is 0. The molecule has 1 saturated heterocycles. The topological polar surface area (TPSA) is 44.4 Å². The van der Waals surface area contributed by atoms with Crippen molar-refractivity contribution in [1.29, 1.82) is 0 Å². The third-order valence-corrected chi connectivity index (χ3v) is 3.25. The molecule has 0 radical (unpaired) electrons. The minimum absolute atomic E-state index is 0.0138. The Morgan fingerprint density at radius 2 is 2.21 bits per heavy atom. The van der Waals surface area contributed by atoms with E-state index >= 15 is 0 Å². The van der Waals surface area contributed by atoms with Crippen LogP contribution in [0.4, 0.5) is 16.2 Å². The Morgan fingerprint density at radius 1 is 1.47 bits per heavy atom. The van der Waals surface area contributed by atoms with Crippen molar-refractivity contribution in [2.75, 3.05) is 23.3 Å². The van der Waals surface area contributed by atoms with Gasteiger partial charge in [0.2, 0.25) is 0 Å². The van der Waals surface area contributed by atoms with Crippen molar-refractivity contribution in [3.8, 4) is 0 Å². The maximum absolute atomic E-state index is 11.5. The van der Waals surface area contributed by atoms with Gasteiger partial charge in [0.05, 0.1) is 0 Å². The van der Waals surface area contributed by atoms with E-state index in [9.17, 15) is 4.79 Å². The number of amides is 2. The van der Waals surface area contributed by atoms with Gasteiger partial charge in [-0.2, -0.15) is 0 Å². The molecule has 0 spiro atoms. The van der Waals surface area contributed by atoms with Gasteiger partial charge in [-0.25, -0.2) is 4.79 Å². The number of allylic oxidation sites excluding steroid dienone is 1. The van der Waals surface area contributed by atoms with Crippen LogP contribution in [0.25, 0.3) is 0 Å². The molecule has 102 valence electrons. The van der Waals surface area contributed by atoms with Crippen LogP contribution in [0.3, 0.4) is 0 Å². The SMILES string of the molecule is C=CCCC(C)Nc1ccc(N2CCNC2=O)cc1. The third kappa shape index (κ3) is 3.50. The summed E-state index contributed by atoms with van der Waals surface area (Å²) in [5.74, 6) is 0. The van der Waals surface area contributed by atoms with Gasteiger partial charge in [0.1, 0.15) is 0 Å². The van der Waals surface area contributed by atoms with Crippen LogP contribution in [-0.4, -0.2) is 25.2 Å². The van der Waals surface area contributed by atoms with E-state index in [0.29, 0.717) is 6.04 Å². The lowest BCUT2D eigenvalue weighted by Crippen LogP contribution is -2.27. The van der Waals surface area contributed by atoms with Gasteiger partial charge >= 0.3 is 6.03 Å². The van der Waals surface area contributed by atoms with Gasteiger partial charge < -0.3 is 10.6 Å². The smallest absolute Gasteiger partial charge is 0.321 e. The van der Waals surface area contributed by atoms with E-state index in [0.717, 1.165) is 37.3 Å². The van der Waals surface area contributed by atoms with Crippen molar-refractivity contribution in [3.63, 3.8) is 0 Å². The highest BCUT2D eigenvalue weighted by Crippen LogP contribution is 2.20. The molecule has 1 fully saturated rings. The fourth-order valence-electron chi connectivity index (χ4n) is 2.18. The van der Waals surface area contributed by atoms with E-state index in [1.165, 1.54) is 0 Å². The average Bonchev–Trinajstić information content (AvgIpc) is 2.83. The molecule has 1 aromatic rings. The van der Waals surface area contributed by atoms with Crippen molar-refractivity contribution in [2.24, 2.45) is 0 Å². The van der Waals surface area contributed by atoms with Crippen LogP contribution in [0.5, 0.6) is 0 Å². The number of carbonyl (C=O) groups excluding carboxylic acids is 1.